The second-order valence-corrected chi connectivity index (χ2v) is 6.42. The fourth-order valence-electron chi connectivity index (χ4n) is 1.88. The molecule has 1 amide bonds. The molecule has 0 heterocycles. The number of hydrogen-bond acceptors (Lipinski definition) is 3. The zero-order valence-electron chi connectivity index (χ0n) is 10.3. The molecule has 1 aliphatic rings. The fourth-order valence-corrected chi connectivity index (χ4v) is 3.02. The van der Waals surface area contributed by atoms with Crippen molar-refractivity contribution in [2.45, 2.75) is 39.0 Å². The molecule has 17 heavy (non-hydrogen) atoms. The summed E-state index contributed by atoms with van der Waals surface area (Å²) in [6, 6.07) is 0. The number of sulfonamides is 1. The molecule has 0 radical (unpaired) electrons. The number of nitrogens with one attached hydrogen (secondary N) is 1. The van der Waals surface area contributed by atoms with Gasteiger partial charge in [0.1, 0.15) is 0 Å². The molecule has 1 N–H and O–H groups in total. The molecule has 1 fully saturated rings. The Kier molecular flexibility index (Phi) is 5.18. The smallest absolute Gasteiger partial charge is 0.236 e. The Hall–Kier alpha value is -0.840. The van der Waals surface area contributed by atoms with Gasteiger partial charge in [0.25, 0.3) is 0 Å². The third-order valence-electron chi connectivity index (χ3n) is 3.11. The molecule has 0 aromatic rings. The summed E-state index contributed by atoms with van der Waals surface area (Å²) >= 11 is 0. The first-order valence-electron chi connectivity index (χ1n) is 6.15. The Balaban J connectivity index is 2.29. The lowest BCUT2D eigenvalue weighted by Crippen LogP contribution is -2.34. The van der Waals surface area contributed by atoms with Crippen LogP contribution in [0.1, 0.15) is 39.0 Å². The average molecular weight is 259 g/mol. The van der Waals surface area contributed by atoms with Crippen molar-refractivity contribution in [1.29, 1.82) is 0 Å². The van der Waals surface area contributed by atoms with Crippen molar-refractivity contribution in [2.24, 2.45) is 11.8 Å². The summed E-state index contributed by atoms with van der Waals surface area (Å²) in [5, 5.41) is 0. The topological polar surface area (TPSA) is 63.2 Å². The van der Waals surface area contributed by atoms with Crippen LogP contribution in [-0.2, 0) is 14.8 Å². The Labute approximate surface area is 104 Å². The maximum atomic E-state index is 11.6. The van der Waals surface area contributed by atoms with Crippen LogP contribution in [0.3, 0.4) is 0 Å². The zero-order valence-corrected chi connectivity index (χ0v) is 11.1. The van der Waals surface area contributed by atoms with E-state index < -0.39 is 10.0 Å². The van der Waals surface area contributed by atoms with E-state index in [9.17, 15) is 13.2 Å². The first kappa shape index (κ1) is 14.2. The molecule has 2 atom stereocenters. The fraction of sp³-hybridized carbons (Fsp3) is 0.750. The van der Waals surface area contributed by atoms with Gasteiger partial charge in [-0.2, -0.15) is 0 Å². The summed E-state index contributed by atoms with van der Waals surface area (Å²) in [5.74, 6) is 0.00491. The van der Waals surface area contributed by atoms with Gasteiger partial charge < -0.3 is 0 Å². The van der Waals surface area contributed by atoms with E-state index in [0.29, 0.717) is 12.3 Å². The maximum Gasteiger partial charge on any atom is 0.236 e. The maximum absolute atomic E-state index is 11.6. The monoisotopic (exact) mass is 259 g/mol. The minimum Gasteiger partial charge on any atom is -0.274 e. The Bertz CT molecular complexity index is 375. The van der Waals surface area contributed by atoms with Gasteiger partial charge in [-0.3, -0.25) is 9.52 Å². The first-order chi connectivity index (χ1) is 8.00. The molecule has 1 saturated carbocycles. The molecule has 0 aromatic carbocycles. The number of hydrogen-bond donors (Lipinski definition) is 1. The molecule has 0 saturated heterocycles. The Morgan fingerprint density at radius 2 is 2.18 bits per heavy atom. The highest BCUT2D eigenvalue weighted by molar-refractivity contribution is 7.90. The van der Waals surface area contributed by atoms with Crippen molar-refractivity contribution < 1.29 is 13.2 Å². The number of unbranched alkanes of at least 4 members (excludes halogenated alkanes) is 2. The Morgan fingerprint density at radius 1 is 1.47 bits per heavy atom. The highest BCUT2D eigenvalue weighted by Gasteiger charge is 2.42. The number of allylic oxidation sites excluding steroid dienone is 1. The van der Waals surface area contributed by atoms with Gasteiger partial charge in [0.05, 0.1) is 5.75 Å². The van der Waals surface area contributed by atoms with E-state index in [1.165, 1.54) is 0 Å². The van der Waals surface area contributed by atoms with Crippen molar-refractivity contribution in [3.63, 3.8) is 0 Å². The number of carbonyl (C=O) groups is 1. The van der Waals surface area contributed by atoms with Crippen LogP contribution in [0.15, 0.2) is 12.7 Å². The van der Waals surface area contributed by atoms with E-state index >= 15 is 0 Å². The average Bonchev–Trinajstić information content (AvgIpc) is 3.03. The normalized spacial score (nSPS) is 23.1. The number of rotatable bonds is 8. The summed E-state index contributed by atoms with van der Waals surface area (Å²) in [6.07, 6.45) is 5.70. The molecule has 0 aromatic heterocycles. The van der Waals surface area contributed by atoms with Crippen LogP contribution in [0.2, 0.25) is 0 Å². The van der Waals surface area contributed by atoms with Crippen LogP contribution in [0.25, 0.3) is 0 Å². The van der Waals surface area contributed by atoms with Crippen molar-refractivity contribution in [2.75, 3.05) is 5.75 Å². The van der Waals surface area contributed by atoms with Gasteiger partial charge in [-0.15, -0.1) is 6.58 Å². The molecule has 1 rings (SSSR count). The van der Waals surface area contributed by atoms with Crippen molar-refractivity contribution >= 4 is 15.9 Å². The SMILES string of the molecule is C=CCCCCS(=O)(=O)NC(=O)[C@H]1C[C@H]1CC. The van der Waals surface area contributed by atoms with Crippen LogP contribution in [0.4, 0.5) is 0 Å². The highest BCUT2D eigenvalue weighted by atomic mass is 32.2. The lowest BCUT2D eigenvalue weighted by molar-refractivity contribution is -0.120. The predicted octanol–water partition coefficient (Wildman–Crippen LogP) is 1.83. The van der Waals surface area contributed by atoms with Gasteiger partial charge in [0.15, 0.2) is 0 Å². The summed E-state index contributed by atoms with van der Waals surface area (Å²) in [5.41, 5.74) is 0. The molecule has 0 aliphatic heterocycles. The summed E-state index contributed by atoms with van der Waals surface area (Å²) < 4.78 is 25.3. The van der Waals surface area contributed by atoms with Crippen LogP contribution in [-0.4, -0.2) is 20.1 Å². The molecular weight excluding hydrogens is 238 g/mol. The van der Waals surface area contributed by atoms with Crippen molar-refractivity contribution in [1.82, 2.24) is 4.72 Å². The molecule has 0 unspecified atom stereocenters. The molecular formula is C12H21NO3S. The zero-order chi connectivity index (χ0) is 12.9. The third kappa shape index (κ3) is 4.89. The van der Waals surface area contributed by atoms with E-state index in [-0.39, 0.29) is 17.6 Å². The van der Waals surface area contributed by atoms with Crippen LogP contribution < -0.4 is 4.72 Å². The lowest BCUT2D eigenvalue weighted by atomic mass is 10.2. The second kappa shape index (κ2) is 6.19. The molecule has 0 spiro atoms. The summed E-state index contributed by atoms with van der Waals surface area (Å²) in [6.45, 7) is 5.59. The van der Waals surface area contributed by atoms with E-state index in [4.69, 9.17) is 0 Å². The summed E-state index contributed by atoms with van der Waals surface area (Å²) in [7, 11) is -3.43. The van der Waals surface area contributed by atoms with Gasteiger partial charge in [0.2, 0.25) is 15.9 Å². The number of amides is 1. The first-order valence-corrected chi connectivity index (χ1v) is 7.80. The van der Waals surface area contributed by atoms with E-state index in [0.717, 1.165) is 25.7 Å². The van der Waals surface area contributed by atoms with E-state index in [1.807, 2.05) is 6.92 Å². The summed E-state index contributed by atoms with van der Waals surface area (Å²) in [4.78, 5) is 11.6. The van der Waals surface area contributed by atoms with E-state index in [2.05, 4.69) is 11.3 Å². The molecule has 4 nitrogen and oxygen atoms in total. The van der Waals surface area contributed by atoms with Gasteiger partial charge in [-0.05, 0) is 31.6 Å². The molecule has 1 aliphatic carbocycles. The standard InChI is InChI=1S/C12H21NO3S/c1-3-5-6-7-8-17(15,16)13-12(14)11-9-10(11)4-2/h3,10-11H,1,4-9H2,2H3,(H,13,14)/t10-,11+/m1/s1. The van der Waals surface area contributed by atoms with Crippen LogP contribution >= 0.6 is 0 Å². The van der Waals surface area contributed by atoms with Gasteiger partial charge >= 0.3 is 0 Å². The lowest BCUT2D eigenvalue weighted by Gasteiger charge is -2.05. The van der Waals surface area contributed by atoms with E-state index in [1.54, 1.807) is 6.08 Å². The van der Waals surface area contributed by atoms with Gasteiger partial charge in [-0.25, -0.2) is 8.42 Å². The quantitative estimate of drug-likeness (QED) is 0.534. The third-order valence-corrected chi connectivity index (χ3v) is 4.45. The highest BCUT2D eigenvalue weighted by Crippen LogP contribution is 2.41. The second-order valence-electron chi connectivity index (χ2n) is 4.58. The van der Waals surface area contributed by atoms with Crippen LogP contribution in [0, 0.1) is 11.8 Å². The molecule has 5 heteroatoms. The largest absolute Gasteiger partial charge is 0.274 e. The van der Waals surface area contributed by atoms with Gasteiger partial charge in [-0.1, -0.05) is 19.4 Å². The van der Waals surface area contributed by atoms with Gasteiger partial charge in [0, 0.05) is 5.92 Å². The Morgan fingerprint density at radius 3 is 2.71 bits per heavy atom. The van der Waals surface area contributed by atoms with Crippen LogP contribution in [0.5, 0.6) is 0 Å². The molecule has 0 bridgehead atoms. The molecule has 98 valence electrons. The van der Waals surface area contributed by atoms with Crippen molar-refractivity contribution in [3.8, 4) is 0 Å². The minimum atomic E-state index is -3.43. The number of carbonyl (C=O) groups excluding carboxylic acids is 1. The minimum absolute atomic E-state index is 0.0239. The van der Waals surface area contributed by atoms with Crippen molar-refractivity contribution in [3.05, 3.63) is 12.7 Å². The predicted molar refractivity (Wildman–Crippen MR) is 67.9 cm³/mol.